The van der Waals surface area contributed by atoms with E-state index < -0.39 is 0 Å². The summed E-state index contributed by atoms with van der Waals surface area (Å²) in [5, 5.41) is 0. The van der Waals surface area contributed by atoms with Crippen molar-refractivity contribution < 1.29 is 9.59 Å². The first-order valence-electron chi connectivity index (χ1n) is 9.44. The third-order valence-corrected chi connectivity index (χ3v) is 5.77. The van der Waals surface area contributed by atoms with E-state index in [0.29, 0.717) is 19.5 Å². The normalized spacial score (nSPS) is 15.9. The molecule has 138 valence electrons. The molecule has 0 spiro atoms. The molecule has 25 heavy (non-hydrogen) atoms. The van der Waals surface area contributed by atoms with Crippen molar-refractivity contribution in [3.8, 4) is 0 Å². The number of benzene rings is 1. The first-order valence-corrected chi connectivity index (χ1v) is 9.44. The van der Waals surface area contributed by atoms with Crippen LogP contribution >= 0.6 is 0 Å². The van der Waals surface area contributed by atoms with Gasteiger partial charge >= 0.3 is 0 Å². The lowest BCUT2D eigenvalue weighted by Crippen LogP contribution is -2.49. The third-order valence-electron chi connectivity index (χ3n) is 5.77. The molecular formula is C21H32N2O2. The number of amides is 2. The van der Waals surface area contributed by atoms with Gasteiger partial charge in [-0.25, -0.2) is 0 Å². The summed E-state index contributed by atoms with van der Waals surface area (Å²) in [6, 6.07) is 10.1. The van der Waals surface area contributed by atoms with Gasteiger partial charge in [0, 0.05) is 38.0 Å². The van der Waals surface area contributed by atoms with Crippen molar-refractivity contribution in [2.24, 2.45) is 5.92 Å². The van der Waals surface area contributed by atoms with E-state index >= 15 is 0 Å². The largest absolute Gasteiger partial charge is 0.343 e. The van der Waals surface area contributed by atoms with Crippen molar-refractivity contribution in [3.63, 3.8) is 0 Å². The SMILES string of the molecule is CCC(C)(C)N(C)C(=O)C1CCN(C(=O)CCc2ccccc2)CC1. The highest BCUT2D eigenvalue weighted by Crippen LogP contribution is 2.25. The monoisotopic (exact) mass is 344 g/mol. The zero-order valence-corrected chi connectivity index (χ0v) is 16.1. The van der Waals surface area contributed by atoms with E-state index in [4.69, 9.17) is 0 Å². The highest BCUT2D eigenvalue weighted by Gasteiger charge is 2.33. The van der Waals surface area contributed by atoms with Crippen LogP contribution in [0.3, 0.4) is 0 Å². The Morgan fingerprint density at radius 3 is 2.32 bits per heavy atom. The molecule has 4 heteroatoms. The molecule has 2 amide bonds. The van der Waals surface area contributed by atoms with Gasteiger partial charge < -0.3 is 9.80 Å². The van der Waals surface area contributed by atoms with Crippen molar-refractivity contribution in [2.75, 3.05) is 20.1 Å². The minimum absolute atomic E-state index is 0.0500. The van der Waals surface area contributed by atoms with Crippen molar-refractivity contribution >= 4 is 11.8 Å². The Morgan fingerprint density at radius 2 is 1.76 bits per heavy atom. The standard InChI is InChI=1S/C21H32N2O2/c1-5-21(2,3)22(4)20(25)18-13-15-23(16-14-18)19(24)12-11-17-9-7-6-8-10-17/h6-10,18H,5,11-16H2,1-4H3. The van der Waals surface area contributed by atoms with Gasteiger partial charge in [-0.2, -0.15) is 0 Å². The summed E-state index contributed by atoms with van der Waals surface area (Å²) in [7, 11) is 1.91. The lowest BCUT2D eigenvalue weighted by Gasteiger charge is -2.39. The van der Waals surface area contributed by atoms with Crippen LogP contribution in [-0.2, 0) is 16.0 Å². The molecule has 1 aliphatic heterocycles. The summed E-state index contributed by atoms with van der Waals surface area (Å²) in [5.41, 5.74) is 1.09. The summed E-state index contributed by atoms with van der Waals surface area (Å²) in [6.07, 6.45) is 3.82. The van der Waals surface area contributed by atoms with Crippen LogP contribution in [0.25, 0.3) is 0 Å². The van der Waals surface area contributed by atoms with Gasteiger partial charge in [0.05, 0.1) is 0 Å². The Kier molecular flexibility index (Phi) is 6.63. The van der Waals surface area contributed by atoms with Crippen molar-refractivity contribution in [2.45, 2.75) is 58.4 Å². The fourth-order valence-corrected chi connectivity index (χ4v) is 3.24. The number of rotatable bonds is 6. The van der Waals surface area contributed by atoms with Gasteiger partial charge in [0.1, 0.15) is 0 Å². The summed E-state index contributed by atoms with van der Waals surface area (Å²) < 4.78 is 0. The lowest BCUT2D eigenvalue weighted by atomic mass is 9.91. The molecule has 0 radical (unpaired) electrons. The molecule has 0 N–H and O–H groups in total. The fourth-order valence-electron chi connectivity index (χ4n) is 3.24. The lowest BCUT2D eigenvalue weighted by molar-refractivity contribution is -0.143. The van der Waals surface area contributed by atoms with Crippen LogP contribution in [-0.4, -0.2) is 47.3 Å². The van der Waals surface area contributed by atoms with E-state index in [0.717, 1.165) is 25.7 Å². The van der Waals surface area contributed by atoms with Gasteiger partial charge in [0.2, 0.25) is 11.8 Å². The number of nitrogens with zero attached hydrogens (tertiary/aromatic N) is 2. The third kappa shape index (κ3) is 5.07. The van der Waals surface area contributed by atoms with Crippen LogP contribution in [0.2, 0.25) is 0 Å². The molecule has 1 aromatic carbocycles. The molecule has 0 atom stereocenters. The Bertz CT molecular complexity index is 575. The van der Waals surface area contributed by atoms with Crippen LogP contribution < -0.4 is 0 Å². The number of piperidine rings is 1. The van der Waals surface area contributed by atoms with Crippen molar-refractivity contribution in [3.05, 3.63) is 35.9 Å². The molecule has 1 heterocycles. The van der Waals surface area contributed by atoms with Gasteiger partial charge in [-0.15, -0.1) is 0 Å². The molecule has 0 bridgehead atoms. The maximum atomic E-state index is 12.7. The van der Waals surface area contributed by atoms with Gasteiger partial charge in [-0.3, -0.25) is 9.59 Å². The maximum Gasteiger partial charge on any atom is 0.226 e. The maximum absolute atomic E-state index is 12.7. The minimum Gasteiger partial charge on any atom is -0.343 e. The van der Waals surface area contributed by atoms with Crippen LogP contribution in [0.5, 0.6) is 0 Å². The van der Waals surface area contributed by atoms with Crippen LogP contribution in [0.1, 0.15) is 52.0 Å². The highest BCUT2D eigenvalue weighted by molar-refractivity contribution is 5.80. The summed E-state index contributed by atoms with van der Waals surface area (Å²) in [5.74, 6) is 0.481. The fraction of sp³-hybridized carbons (Fsp3) is 0.619. The first kappa shape index (κ1) is 19.5. The van der Waals surface area contributed by atoms with Gasteiger partial charge in [-0.1, -0.05) is 37.3 Å². The zero-order chi connectivity index (χ0) is 18.4. The molecule has 1 aliphatic rings. The molecule has 1 saturated heterocycles. The molecule has 0 saturated carbocycles. The van der Waals surface area contributed by atoms with Gasteiger partial charge in [0.25, 0.3) is 0 Å². The second-order valence-electron chi connectivity index (χ2n) is 7.70. The zero-order valence-electron chi connectivity index (χ0n) is 16.1. The second-order valence-corrected chi connectivity index (χ2v) is 7.70. The Morgan fingerprint density at radius 1 is 1.16 bits per heavy atom. The summed E-state index contributed by atoms with van der Waals surface area (Å²) in [4.78, 5) is 29.0. The number of carbonyl (C=O) groups excluding carboxylic acids is 2. The molecule has 0 unspecified atom stereocenters. The molecule has 0 aromatic heterocycles. The minimum atomic E-state index is -0.111. The highest BCUT2D eigenvalue weighted by atomic mass is 16.2. The quantitative estimate of drug-likeness (QED) is 0.792. The van der Waals surface area contributed by atoms with Crippen LogP contribution in [0.4, 0.5) is 0 Å². The molecular weight excluding hydrogens is 312 g/mol. The van der Waals surface area contributed by atoms with E-state index in [9.17, 15) is 9.59 Å². The Labute approximate surface area is 152 Å². The predicted molar refractivity (Wildman–Crippen MR) is 101 cm³/mol. The van der Waals surface area contributed by atoms with E-state index in [1.54, 1.807) is 0 Å². The molecule has 1 fully saturated rings. The van der Waals surface area contributed by atoms with Gasteiger partial charge in [-0.05, 0) is 45.1 Å². The van der Waals surface area contributed by atoms with E-state index in [2.05, 4.69) is 32.9 Å². The predicted octanol–water partition coefficient (Wildman–Crippen LogP) is 3.50. The number of hydrogen-bond acceptors (Lipinski definition) is 2. The van der Waals surface area contributed by atoms with Crippen molar-refractivity contribution in [1.29, 1.82) is 0 Å². The average Bonchev–Trinajstić information content (AvgIpc) is 2.65. The van der Waals surface area contributed by atoms with E-state index in [-0.39, 0.29) is 23.3 Å². The second kappa shape index (κ2) is 8.50. The topological polar surface area (TPSA) is 40.6 Å². The molecule has 2 rings (SSSR count). The molecule has 0 aliphatic carbocycles. The van der Waals surface area contributed by atoms with E-state index in [1.807, 2.05) is 35.0 Å². The first-order chi connectivity index (χ1) is 11.8. The average molecular weight is 344 g/mol. The number of likely N-dealkylation sites (tertiary alicyclic amines) is 1. The Hall–Kier alpha value is -1.84. The summed E-state index contributed by atoms with van der Waals surface area (Å²) >= 11 is 0. The number of carbonyl (C=O) groups is 2. The van der Waals surface area contributed by atoms with Crippen molar-refractivity contribution in [1.82, 2.24) is 9.80 Å². The van der Waals surface area contributed by atoms with Crippen LogP contribution in [0, 0.1) is 5.92 Å². The smallest absolute Gasteiger partial charge is 0.226 e. The van der Waals surface area contributed by atoms with E-state index in [1.165, 1.54) is 5.56 Å². The Balaban J connectivity index is 1.80. The number of aryl methyl sites for hydroxylation is 1. The van der Waals surface area contributed by atoms with Crippen LogP contribution in [0.15, 0.2) is 30.3 Å². The number of hydrogen-bond donors (Lipinski definition) is 0. The van der Waals surface area contributed by atoms with Gasteiger partial charge in [0.15, 0.2) is 0 Å². The molecule has 1 aromatic rings. The summed E-state index contributed by atoms with van der Waals surface area (Å²) in [6.45, 7) is 7.72. The molecule has 4 nitrogen and oxygen atoms in total.